The largest absolute Gasteiger partial charge is 0.493 e. The number of hydrogen-bond donors (Lipinski definition) is 1. The number of nitrogens with one attached hydrogen (secondary N) is 1. The Balaban J connectivity index is 1.94. The van der Waals surface area contributed by atoms with Crippen LogP contribution in [-0.4, -0.2) is 39.8 Å². The van der Waals surface area contributed by atoms with Gasteiger partial charge in [-0.3, -0.25) is 4.79 Å². The molecule has 0 saturated heterocycles. The van der Waals surface area contributed by atoms with E-state index in [1.807, 2.05) is 0 Å². The van der Waals surface area contributed by atoms with Crippen LogP contribution in [-0.2, 0) is 14.3 Å². The summed E-state index contributed by atoms with van der Waals surface area (Å²) < 4.78 is 20.6. The molecule has 29 heavy (non-hydrogen) atoms. The van der Waals surface area contributed by atoms with E-state index in [1.54, 1.807) is 30.3 Å². The van der Waals surface area contributed by atoms with Crippen LogP contribution in [0.1, 0.15) is 5.56 Å². The van der Waals surface area contributed by atoms with Gasteiger partial charge in [-0.2, -0.15) is 0 Å². The molecule has 9 heteroatoms. The van der Waals surface area contributed by atoms with Crippen LogP contribution in [0.25, 0.3) is 6.08 Å². The summed E-state index contributed by atoms with van der Waals surface area (Å²) in [5.41, 5.74) is 1.06. The molecule has 0 aliphatic rings. The summed E-state index contributed by atoms with van der Waals surface area (Å²) >= 11 is 11.7. The monoisotopic (exact) mass is 439 g/mol. The van der Waals surface area contributed by atoms with Crippen LogP contribution in [0.5, 0.6) is 17.2 Å². The number of rotatable bonds is 8. The van der Waals surface area contributed by atoms with Gasteiger partial charge in [-0.05, 0) is 23.8 Å². The molecule has 0 aliphatic heterocycles. The van der Waals surface area contributed by atoms with E-state index in [2.05, 4.69) is 5.32 Å². The fourth-order valence-corrected chi connectivity index (χ4v) is 2.62. The topological polar surface area (TPSA) is 83.1 Å². The molecule has 0 bridgehead atoms. The van der Waals surface area contributed by atoms with E-state index in [0.29, 0.717) is 38.5 Å². The molecule has 0 radical (unpaired) electrons. The molecule has 2 rings (SSSR count). The zero-order valence-electron chi connectivity index (χ0n) is 16.0. The molecule has 0 aromatic heterocycles. The van der Waals surface area contributed by atoms with Gasteiger partial charge in [-0.25, -0.2) is 4.79 Å². The summed E-state index contributed by atoms with van der Waals surface area (Å²) in [6, 6.07) is 8.02. The van der Waals surface area contributed by atoms with Gasteiger partial charge in [-0.15, -0.1) is 0 Å². The maximum Gasteiger partial charge on any atom is 0.331 e. The first-order valence-corrected chi connectivity index (χ1v) is 9.03. The molecular weight excluding hydrogens is 421 g/mol. The van der Waals surface area contributed by atoms with Crippen molar-refractivity contribution in [2.24, 2.45) is 0 Å². The number of esters is 1. The molecule has 0 unspecified atom stereocenters. The SMILES string of the molecule is COc1cc(NC(=O)COC(=O)/C=C/c2ccc(Cl)c(Cl)c2)cc(OC)c1OC. The molecule has 0 heterocycles. The molecule has 154 valence electrons. The van der Waals surface area contributed by atoms with Crippen molar-refractivity contribution in [2.75, 3.05) is 33.3 Å². The Morgan fingerprint density at radius 1 is 0.966 bits per heavy atom. The zero-order chi connectivity index (χ0) is 21.4. The van der Waals surface area contributed by atoms with Crippen molar-refractivity contribution in [2.45, 2.75) is 0 Å². The van der Waals surface area contributed by atoms with Crippen LogP contribution < -0.4 is 19.5 Å². The predicted molar refractivity (Wildman–Crippen MR) is 111 cm³/mol. The van der Waals surface area contributed by atoms with E-state index >= 15 is 0 Å². The van der Waals surface area contributed by atoms with Crippen molar-refractivity contribution in [1.29, 1.82) is 0 Å². The van der Waals surface area contributed by atoms with Gasteiger partial charge in [0.1, 0.15) is 0 Å². The van der Waals surface area contributed by atoms with Crippen molar-refractivity contribution in [3.05, 3.63) is 52.0 Å². The molecule has 0 fully saturated rings. The quantitative estimate of drug-likeness (QED) is 0.489. The Labute approximate surface area is 178 Å². The Morgan fingerprint density at radius 2 is 1.62 bits per heavy atom. The number of methoxy groups -OCH3 is 3. The van der Waals surface area contributed by atoms with Crippen LogP contribution in [0.4, 0.5) is 5.69 Å². The molecule has 0 atom stereocenters. The molecule has 2 aromatic carbocycles. The molecule has 1 amide bonds. The van der Waals surface area contributed by atoms with Crippen LogP contribution in [0, 0.1) is 0 Å². The molecule has 0 spiro atoms. The first-order valence-electron chi connectivity index (χ1n) is 8.27. The number of benzene rings is 2. The molecular formula is C20H19Cl2NO6. The molecule has 0 saturated carbocycles. The van der Waals surface area contributed by atoms with Gasteiger partial charge in [0.05, 0.1) is 31.4 Å². The van der Waals surface area contributed by atoms with Gasteiger partial charge >= 0.3 is 5.97 Å². The van der Waals surface area contributed by atoms with Crippen LogP contribution in [0.3, 0.4) is 0 Å². The second kappa shape index (κ2) is 10.6. The third-order valence-electron chi connectivity index (χ3n) is 3.65. The normalized spacial score (nSPS) is 10.5. The Bertz CT molecular complexity index is 904. The predicted octanol–water partition coefficient (Wildman–Crippen LogP) is 4.21. The second-order valence-corrected chi connectivity index (χ2v) is 6.39. The number of halogens is 2. The second-order valence-electron chi connectivity index (χ2n) is 5.58. The number of carbonyl (C=O) groups is 2. The standard InChI is InChI=1S/C20H19Cl2NO6/c1-26-16-9-13(10-17(27-2)20(16)28-3)23-18(24)11-29-19(25)7-5-12-4-6-14(21)15(22)8-12/h4-10H,11H2,1-3H3,(H,23,24)/b7-5+. The van der Waals surface area contributed by atoms with Crippen LogP contribution in [0.15, 0.2) is 36.4 Å². The highest BCUT2D eigenvalue weighted by Gasteiger charge is 2.15. The van der Waals surface area contributed by atoms with E-state index in [-0.39, 0.29) is 0 Å². The minimum atomic E-state index is -0.684. The number of anilines is 1. The molecule has 7 nitrogen and oxygen atoms in total. The Hall–Kier alpha value is -2.90. The van der Waals surface area contributed by atoms with Crippen LogP contribution >= 0.6 is 23.2 Å². The van der Waals surface area contributed by atoms with Gasteiger partial charge < -0.3 is 24.3 Å². The third kappa shape index (κ3) is 6.30. The first-order chi connectivity index (χ1) is 13.9. The average molecular weight is 440 g/mol. The number of amides is 1. The summed E-state index contributed by atoms with van der Waals surface area (Å²) in [5, 5.41) is 3.38. The highest BCUT2D eigenvalue weighted by atomic mass is 35.5. The van der Waals surface area contributed by atoms with Crippen molar-refractivity contribution in [3.8, 4) is 17.2 Å². The smallest absolute Gasteiger partial charge is 0.331 e. The lowest BCUT2D eigenvalue weighted by Crippen LogP contribution is -2.20. The molecule has 0 aliphatic carbocycles. The summed E-state index contributed by atoms with van der Waals surface area (Å²) in [6.45, 7) is -0.471. The maximum absolute atomic E-state index is 12.1. The summed E-state index contributed by atoms with van der Waals surface area (Å²) in [5.74, 6) is -0.0639. The molecule has 1 N–H and O–H groups in total. The maximum atomic E-state index is 12.1. The van der Waals surface area contributed by atoms with Crippen molar-refractivity contribution in [3.63, 3.8) is 0 Å². The Kier molecular flexibility index (Phi) is 8.18. The minimum Gasteiger partial charge on any atom is -0.493 e. The van der Waals surface area contributed by atoms with Gasteiger partial charge in [0.15, 0.2) is 18.1 Å². The average Bonchev–Trinajstić information content (AvgIpc) is 2.72. The fraction of sp³-hybridized carbons (Fsp3) is 0.200. The van der Waals surface area contributed by atoms with E-state index in [9.17, 15) is 9.59 Å². The lowest BCUT2D eigenvalue weighted by molar-refractivity contribution is -0.142. The van der Waals surface area contributed by atoms with Gasteiger partial charge in [0, 0.05) is 23.9 Å². The third-order valence-corrected chi connectivity index (χ3v) is 4.39. The first kappa shape index (κ1) is 22.4. The highest BCUT2D eigenvalue weighted by molar-refractivity contribution is 6.42. The van der Waals surface area contributed by atoms with Crippen molar-refractivity contribution < 1.29 is 28.5 Å². The van der Waals surface area contributed by atoms with Gasteiger partial charge in [-0.1, -0.05) is 29.3 Å². The van der Waals surface area contributed by atoms with Crippen molar-refractivity contribution >= 4 is 46.8 Å². The lowest BCUT2D eigenvalue weighted by atomic mass is 10.2. The van der Waals surface area contributed by atoms with E-state index in [4.69, 9.17) is 42.1 Å². The lowest BCUT2D eigenvalue weighted by Gasteiger charge is -2.14. The van der Waals surface area contributed by atoms with Gasteiger partial charge in [0.2, 0.25) is 5.75 Å². The highest BCUT2D eigenvalue weighted by Crippen LogP contribution is 2.39. The summed E-state index contributed by atoms with van der Waals surface area (Å²) in [4.78, 5) is 23.9. The summed E-state index contributed by atoms with van der Waals surface area (Å²) in [6.07, 6.45) is 2.69. The van der Waals surface area contributed by atoms with E-state index in [1.165, 1.54) is 33.5 Å². The van der Waals surface area contributed by atoms with Gasteiger partial charge in [0.25, 0.3) is 5.91 Å². The number of carbonyl (C=O) groups excluding carboxylic acids is 2. The van der Waals surface area contributed by atoms with Crippen LogP contribution in [0.2, 0.25) is 10.0 Å². The summed E-state index contributed by atoms with van der Waals surface area (Å²) in [7, 11) is 4.40. The van der Waals surface area contributed by atoms with E-state index in [0.717, 1.165) is 0 Å². The number of hydrogen-bond acceptors (Lipinski definition) is 6. The fourth-order valence-electron chi connectivity index (χ4n) is 2.32. The zero-order valence-corrected chi connectivity index (χ0v) is 17.5. The minimum absolute atomic E-state index is 0.368. The Morgan fingerprint density at radius 3 is 2.17 bits per heavy atom. The van der Waals surface area contributed by atoms with Crippen molar-refractivity contribution in [1.82, 2.24) is 0 Å². The number of ether oxygens (including phenoxy) is 4. The van der Waals surface area contributed by atoms with E-state index < -0.39 is 18.5 Å². The molecule has 2 aromatic rings.